The van der Waals surface area contributed by atoms with E-state index in [0.29, 0.717) is 17.6 Å². The van der Waals surface area contributed by atoms with E-state index in [4.69, 9.17) is 4.74 Å². The SMILES string of the molecule is COC(=O)CC[C@H](NC(=O)c1cn(C2CCNCC2)c2cc(NC3CCCCC3)c(F)cc2c1=O)c1ccccc1.Cl. The van der Waals surface area contributed by atoms with Gasteiger partial charge in [0.25, 0.3) is 5.91 Å². The molecule has 1 aliphatic heterocycles. The smallest absolute Gasteiger partial charge is 0.305 e. The number of ether oxygens (including phenoxy) is 1. The molecule has 2 fully saturated rings. The van der Waals surface area contributed by atoms with Crippen LogP contribution in [-0.2, 0) is 9.53 Å². The summed E-state index contributed by atoms with van der Waals surface area (Å²) in [4.78, 5) is 39.3. The monoisotopic (exact) mass is 598 g/mol. The predicted octanol–water partition coefficient (Wildman–Crippen LogP) is 5.66. The first kappa shape index (κ1) is 31.5. The van der Waals surface area contributed by atoms with Crippen LogP contribution < -0.4 is 21.4 Å². The number of anilines is 1. The Kier molecular flexibility index (Phi) is 11.0. The van der Waals surface area contributed by atoms with Crippen LogP contribution in [0.3, 0.4) is 0 Å². The van der Waals surface area contributed by atoms with Crippen molar-refractivity contribution in [3.63, 3.8) is 0 Å². The first-order valence-corrected chi connectivity index (χ1v) is 14.7. The van der Waals surface area contributed by atoms with Crippen LogP contribution in [0, 0.1) is 5.82 Å². The van der Waals surface area contributed by atoms with E-state index in [0.717, 1.165) is 57.2 Å². The number of fused-ring (bicyclic) bond motifs is 1. The third kappa shape index (κ3) is 7.31. The molecule has 0 unspecified atom stereocenters. The summed E-state index contributed by atoms with van der Waals surface area (Å²) >= 11 is 0. The second kappa shape index (κ2) is 14.6. The van der Waals surface area contributed by atoms with E-state index >= 15 is 4.39 Å². The van der Waals surface area contributed by atoms with E-state index in [1.54, 1.807) is 12.3 Å². The van der Waals surface area contributed by atoms with E-state index in [1.165, 1.54) is 19.6 Å². The number of carbonyl (C=O) groups excluding carboxylic acids is 2. The van der Waals surface area contributed by atoms with Crippen LogP contribution in [-0.4, -0.2) is 42.7 Å². The van der Waals surface area contributed by atoms with Crippen LogP contribution in [0.15, 0.2) is 53.5 Å². The first-order valence-electron chi connectivity index (χ1n) is 14.7. The van der Waals surface area contributed by atoms with Gasteiger partial charge in [-0.2, -0.15) is 0 Å². The number of nitrogens with zero attached hydrogens (tertiary/aromatic N) is 1. The number of amides is 1. The fourth-order valence-corrected chi connectivity index (χ4v) is 6.10. The molecule has 226 valence electrons. The number of benzene rings is 2. The Balaban J connectivity index is 0.00000405. The molecular weight excluding hydrogens is 559 g/mol. The summed E-state index contributed by atoms with van der Waals surface area (Å²) in [6.45, 7) is 1.63. The number of esters is 1. The van der Waals surface area contributed by atoms with Crippen molar-refractivity contribution in [2.45, 2.75) is 75.9 Å². The second-order valence-electron chi connectivity index (χ2n) is 11.1. The van der Waals surface area contributed by atoms with Crippen molar-refractivity contribution in [3.8, 4) is 0 Å². The topological polar surface area (TPSA) is 101 Å². The highest BCUT2D eigenvalue weighted by molar-refractivity contribution is 5.98. The number of halogens is 2. The Morgan fingerprint density at radius 2 is 1.79 bits per heavy atom. The summed E-state index contributed by atoms with van der Waals surface area (Å²) < 4.78 is 22.2. The molecule has 1 saturated heterocycles. The normalized spacial score (nSPS) is 16.8. The minimum atomic E-state index is -0.553. The Bertz CT molecular complexity index is 1440. The van der Waals surface area contributed by atoms with Gasteiger partial charge in [0.05, 0.1) is 24.4 Å². The van der Waals surface area contributed by atoms with Gasteiger partial charge in [0.2, 0.25) is 5.43 Å². The Morgan fingerprint density at radius 1 is 1.07 bits per heavy atom. The molecule has 0 radical (unpaired) electrons. The van der Waals surface area contributed by atoms with Crippen molar-refractivity contribution in [2.75, 3.05) is 25.5 Å². The number of aromatic nitrogens is 1. The minimum Gasteiger partial charge on any atom is -0.469 e. The molecule has 2 aromatic carbocycles. The van der Waals surface area contributed by atoms with E-state index in [1.807, 2.05) is 34.9 Å². The van der Waals surface area contributed by atoms with E-state index in [9.17, 15) is 14.4 Å². The Labute approximate surface area is 251 Å². The molecule has 1 amide bonds. The lowest BCUT2D eigenvalue weighted by Gasteiger charge is -2.29. The number of hydrogen-bond donors (Lipinski definition) is 3. The van der Waals surface area contributed by atoms with Gasteiger partial charge in [0, 0.05) is 30.1 Å². The lowest BCUT2D eigenvalue weighted by atomic mass is 9.95. The molecule has 2 aliphatic rings. The molecule has 8 nitrogen and oxygen atoms in total. The van der Waals surface area contributed by atoms with Gasteiger partial charge in [-0.15, -0.1) is 12.4 Å². The van der Waals surface area contributed by atoms with Gasteiger partial charge < -0.3 is 25.3 Å². The van der Waals surface area contributed by atoms with E-state index in [2.05, 4.69) is 16.0 Å². The van der Waals surface area contributed by atoms with Gasteiger partial charge in [-0.1, -0.05) is 49.6 Å². The molecule has 0 spiro atoms. The number of rotatable bonds is 9. The number of nitrogens with one attached hydrogen (secondary N) is 3. The highest BCUT2D eigenvalue weighted by Gasteiger charge is 2.25. The largest absolute Gasteiger partial charge is 0.469 e. The molecule has 3 aromatic rings. The van der Waals surface area contributed by atoms with Crippen LogP contribution in [0.25, 0.3) is 10.9 Å². The zero-order chi connectivity index (χ0) is 28.8. The number of methoxy groups -OCH3 is 1. The predicted molar refractivity (Wildman–Crippen MR) is 165 cm³/mol. The number of piperidine rings is 1. The molecule has 2 heterocycles. The van der Waals surface area contributed by atoms with Crippen LogP contribution in [0.5, 0.6) is 0 Å². The van der Waals surface area contributed by atoms with Gasteiger partial charge in [-0.3, -0.25) is 14.4 Å². The van der Waals surface area contributed by atoms with Crippen molar-refractivity contribution >= 4 is 40.9 Å². The average molecular weight is 599 g/mol. The summed E-state index contributed by atoms with van der Waals surface area (Å²) in [6, 6.07) is 12.1. The zero-order valence-corrected chi connectivity index (χ0v) is 24.8. The van der Waals surface area contributed by atoms with Crippen molar-refractivity contribution in [3.05, 3.63) is 75.8 Å². The van der Waals surface area contributed by atoms with E-state index in [-0.39, 0.29) is 47.8 Å². The maximum Gasteiger partial charge on any atom is 0.305 e. The van der Waals surface area contributed by atoms with E-state index < -0.39 is 23.2 Å². The maximum absolute atomic E-state index is 15.4. The molecule has 42 heavy (non-hydrogen) atoms. The summed E-state index contributed by atoms with van der Waals surface area (Å²) in [7, 11) is 1.33. The maximum atomic E-state index is 15.4. The summed E-state index contributed by atoms with van der Waals surface area (Å²) in [5, 5.41) is 9.90. The quantitative estimate of drug-likeness (QED) is 0.275. The summed E-state index contributed by atoms with van der Waals surface area (Å²) in [6.07, 6.45) is 9.14. The summed E-state index contributed by atoms with van der Waals surface area (Å²) in [5.74, 6) is -1.43. The molecular formula is C32H40ClFN4O4. The zero-order valence-electron chi connectivity index (χ0n) is 24.0. The van der Waals surface area contributed by atoms with Crippen molar-refractivity contribution < 1.29 is 18.7 Å². The lowest BCUT2D eigenvalue weighted by molar-refractivity contribution is -0.140. The molecule has 5 rings (SSSR count). The highest BCUT2D eigenvalue weighted by atomic mass is 35.5. The van der Waals surface area contributed by atoms with Crippen LogP contribution in [0.1, 0.15) is 85.8 Å². The Morgan fingerprint density at radius 3 is 2.48 bits per heavy atom. The fraction of sp³-hybridized carbons (Fsp3) is 0.469. The number of hydrogen-bond acceptors (Lipinski definition) is 6. The second-order valence-corrected chi connectivity index (χ2v) is 11.1. The van der Waals surface area contributed by atoms with Crippen molar-refractivity contribution in [1.82, 2.24) is 15.2 Å². The first-order chi connectivity index (χ1) is 19.9. The average Bonchev–Trinajstić information content (AvgIpc) is 3.01. The van der Waals surface area contributed by atoms with Crippen LogP contribution >= 0.6 is 12.4 Å². The van der Waals surface area contributed by atoms with Crippen LogP contribution in [0.2, 0.25) is 0 Å². The molecule has 10 heteroatoms. The number of carbonyl (C=O) groups is 2. The summed E-state index contributed by atoms with van der Waals surface area (Å²) in [5.41, 5.74) is 1.29. The minimum absolute atomic E-state index is 0. The van der Waals surface area contributed by atoms with Crippen LogP contribution in [0.4, 0.5) is 10.1 Å². The molecule has 1 atom stereocenters. The molecule has 1 aromatic heterocycles. The molecule has 3 N–H and O–H groups in total. The third-order valence-corrected chi connectivity index (χ3v) is 8.40. The van der Waals surface area contributed by atoms with Gasteiger partial charge in [-0.05, 0) is 62.9 Å². The number of pyridine rings is 1. The molecule has 1 aliphatic carbocycles. The van der Waals surface area contributed by atoms with Gasteiger partial charge in [0.15, 0.2) is 0 Å². The van der Waals surface area contributed by atoms with Crippen molar-refractivity contribution in [2.24, 2.45) is 0 Å². The van der Waals surface area contributed by atoms with Gasteiger partial charge in [-0.25, -0.2) is 4.39 Å². The fourth-order valence-electron chi connectivity index (χ4n) is 6.10. The van der Waals surface area contributed by atoms with Crippen molar-refractivity contribution in [1.29, 1.82) is 0 Å². The Hall–Kier alpha value is -3.43. The molecule has 1 saturated carbocycles. The molecule has 0 bridgehead atoms. The lowest BCUT2D eigenvalue weighted by Crippen LogP contribution is -2.35. The highest BCUT2D eigenvalue weighted by Crippen LogP contribution is 2.30. The van der Waals surface area contributed by atoms with Gasteiger partial charge in [0.1, 0.15) is 11.4 Å². The standard InChI is InChI=1S/C32H39FN4O4.ClH/c1-41-30(38)13-12-27(21-8-4-2-5-9-21)36-32(40)25-20-37(23-14-16-34-17-15-23)29-19-28(26(33)18-24(29)31(25)39)35-22-10-6-3-7-11-22;/h2,4-5,8-9,18-20,22-23,27,34-35H,3,6-7,10-17H2,1H3,(H,36,40);1H/t27-;/m0./s1. The van der Waals surface area contributed by atoms with Gasteiger partial charge >= 0.3 is 5.97 Å². The third-order valence-electron chi connectivity index (χ3n) is 8.40.